The zero-order chi connectivity index (χ0) is 11.3. The number of hydrogen-bond donors (Lipinski definition) is 2. The highest BCUT2D eigenvalue weighted by Gasteiger charge is 2.45. The average Bonchev–Trinajstić information content (AvgIpc) is 2.96. The third-order valence-electron chi connectivity index (χ3n) is 4.09. The second-order valence-corrected chi connectivity index (χ2v) is 5.37. The van der Waals surface area contributed by atoms with Gasteiger partial charge in [0, 0.05) is 36.1 Å². The van der Waals surface area contributed by atoms with Crippen molar-refractivity contribution in [1.29, 1.82) is 0 Å². The molecule has 1 aromatic heterocycles. The number of piperazine rings is 1. The van der Waals surface area contributed by atoms with Gasteiger partial charge in [0.2, 0.25) is 0 Å². The summed E-state index contributed by atoms with van der Waals surface area (Å²) in [5, 5.41) is 4.96. The first-order chi connectivity index (χ1) is 8.35. The molecule has 0 radical (unpaired) electrons. The van der Waals surface area contributed by atoms with Crippen LogP contribution >= 0.6 is 0 Å². The van der Waals surface area contributed by atoms with Crippen LogP contribution in [0.2, 0.25) is 0 Å². The van der Waals surface area contributed by atoms with E-state index >= 15 is 0 Å². The van der Waals surface area contributed by atoms with Crippen molar-refractivity contribution < 1.29 is 0 Å². The fraction of sp³-hybridized carbons (Fsp3) is 0.429. The van der Waals surface area contributed by atoms with Gasteiger partial charge in [-0.2, -0.15) is 0 Å². The van der Waals surface area contributed by atoms with Crippen molar-refractivity contribution in [3.05, 3.63) is 30.3 Å². The highest BCUT2D eigenvalue weighted by Crippen LogP contribution is 2.38. The molecule has 17 heavy (non-hydrogen) atoms. The standard InChI is InChI=1S/C14H17N3/c1-2-4-12-11(3-1)9-13(16-12)17-8-7-15-14(10-17)5-6-14/h1-4,9,15-16H,5-8,10H2. The molecule has 0 unspecified atom stereocenters. The number of rotatable bonds is 1. The van der Waals surface area contributed by atoms with E-state index in [9.17, 15) is 0 Å². The van der Waals surface area contributed by atoms with E-state index in [1.165, 1.54) is 29.6 Å². The molecule has 2 aliphatic rings. The summed E-state index contributed by atoms with van der Waals surface area (Å²) in [5.74, 6) is 1.28. The predicted molar refractivity (Wildman–Crippen MR) is 70.5 cm³/mol. The highest BCUT2D eigenvalue weighted by atomic mass is 15.3. The molecule has 1 saturated heterocycles. The van der Waals surface area contributed by atoms with E-state index in [-0.39, 0.29) is 0 Å². The quantitative estimate of drug-likeness (QED) is 0.781. The number of fused-ring (bicyclic) bond motifs is 1. The minimum atomic E-state index is 0.440. The van der Waals surface area contributed by atoms with Crippen LogP contribution in [0.25, 0.3) is 10.9 Å². The number of anilines is 1. The van der Waals surface area contributed by atoms with Crippen LogP contribution in [-0.4, -0.2) is 30.2 Å². The van der Waals surface area contributed by atoms with Gasteiger partial charge in [0.05, 0.1) is 0 Å². The third-order valence-corrected chi connectivity index (χ3v) is 4.09. The van der Waals surface area contributed by atoms with Crippen molar-refractivity contribution in [3.8, 4) is 0 Å². The monoisotopic (exact) mass is 227 g/mol. The molecule has 0 bridgehead atoms. The molecule has 2 heterocycles. The van der Waals surface area contributed by atoms with Gasteiger partial charge in [-0.15, -0.1) is 0 Å². The van der Waals surface area contributed by atoms with Gasteiger partial charge in [0.15, 0.2) is 0 Å². The third kappa shape index (κ3) is 1.53. The first-order valence-corrected chi connectivity index (χ1v) is 6.42. The maximum atomic E-state index is 3.65. The lowest BCUT2D eigenvalue weighted by Gasteiger charge is -2.34. The van der Waals surface area contributed by atoms with Crippen molar-refractivity contribution in [1.82, 2.24) is 10.3 Å². The summed E-state index contributed by atoms with van der Waals surface area (Å²) in [5.41, 5.74) is 1.68. The average molecular weight is 227 g/mol. The maximum absolute atomic E-state index is 3.65. The maximum Gasteiger partial charge on any atom is 0.107 e. The summed E-state index contributed by atoms with van der Waals surface area (Å²) in [6.45, 7) is 3.36. The zero-order valence-corrected chi connectivity index (χ0v) is 9.87. The molecule has 1 aromatic carbocycles. The summed E-state index contributed by atoms with van der Waals surface area (Å²) in [4.78, 5) is 6.02. The van der Waals surface area contributed by atoms with Crippen LogP contribution < -0.4 is 10.2 Å². The van der Waals surface area contributed by atoms with Crippen LogP contribution in [0, 0.1) is 0 Å². The fourth-order valence-electron chi connectivity index (χ4n) is 2.88. The first-order valence-electron chi connectivity index (χ1n) is 6.42. The molecule has 2 aromatic rings. The topological polar surface area (TPSA) is 31.1 Å². The Balaban J connectivity index is 1.68. The molecule has 1 aliphatic heterocycles. The smallest absolute Gasteiger partial charge is 0.107 e. The minimum Gasteiger partial charge on any atom is -0.355 e. The van der Waals surface area contributed by atoms with Gasteiger partial charge in [-0.1, -0.05) is 18.2 Å². The van der Waals surface area contributed by atoms with Crippen molar-refractivity contribution in [2.24, 2.45) is 0 Å². The van der Waals surface area contributed by atoms with E-state index in [4.69, 9.17) is 0 Å². The molecular formula is C14H17N3. The van der Waals surface area contributed by atoms with Crippen LogP contribution in [0.1, 0.15) is 12.8 Å². The normalized spacial score (nSPS) is 22.2. The fourth-order valence-corrected chi connectivity index (χ4v) is 2.88. The molecule has 0 amide bonds. The molecule has 1 spiro atoms. The summed E-state index contributed by atoms with van der Waals surface area (Å²) in [6, 6.07) is 10.8. The van der Waals surface area contributed by atoms with Crippen molar-refractivity contribution >= 4 is 16.7 Å². The van der Waals surface area contributed by atoms with Gasteiger partial charge >= 0.3 is 0 Å². The number of H-pyrrole nitrogens is 1. The Morgan fingerprint density at radius 3 is 2.88 bits per heavy atom. The Kier molecular flexibility index (Phi) is 1.83. The van der Waals surface area contributed by atoms with Gasteiger partial charge in [0.25, 0.3) is 0 Å². The number of nitrogens with zero attached hydrogens (tertiary/aromatic N) is 1. The van der Waals surface area contributed by atoms with Gasteiger partial charge in [-0.05, 0) is 25.0 Å². The largest absolute Gasteiger partial charge is 0.355 e. The van der Waals surface area contributed by atoms with E-state index < -0.39 is 0 Å². The summed E-state index contributed by atoms with van der Waals surface area (Å²) in [6.07, 6.45) is 2.67. The van der Waals surface area contributed by atoms with Crippen LogP contribution in [0.4, 0.5) is 5.82 Å². The molecule has 4 rings (SSSR count). The van der Waals surface area contributed by atoms with Gasteiger partial charge in [-0.25, -0.2) is 0 Å². The number of hydrogen-bond acceptors (Lipinski definition) is 2. The van der Waals surface area contributed by atoms with E-state index in [0.29, 0.717) is 5.54 Å². The lowest BCUT2D eigenvalue weighted by molar-refractivity contribution is 0.441. The number of aromatic nitrogens is 1. The van der Waals surface area contributed by atoms with Crippen LogP contribution in [-0.2, 0) is 0 Å². The summed E-state index contributed by atoms with van der Waals surface area (Å²) >= 11 is 0. The lowest BCUT2D eigenvalue weighted by atomic mass is 10.2. The number of nitrogens with one attached hydrogen (secondary N) is 2. The van der Waals surface area contributed by atoms with Crippen molar-refractivity contribution in [2.45, 2.75) is 18.4 Å². The van der Waals surface area contributed by atoms with E-state index in [1.807, 2.05) is 0 Å². The van der Waals surface area contributed by atoms with E-state index in [0.717, 1.165) is 19.6 Å². The molecule has 88 valence electrons. The molecule has 2 N–H and O–H groups in total. The lowest BCUT2D eigenvalue weighted by Crippen LogP contribution is -2.52. The molecular weight excluding hydrogens is 210 g/mol. The Labute approximate surface area is 101 Å². The molecule has 2 fully saturated rings. The Hall–Kier alpha value is -1.48. The number of aromatic amines is 1. The summed E-state index contributed by atoms with van der Waals surface area (Å²) in [7, 11) is 0. The Morgan fingerprint density at radius 2 is 2.06 bits per heavy atom. The highest BCUT2D eigenvalue weighted by molar-refractivity contribution is 5.84. The predicted octanol–water partition coefficient (Wildman–Crippen LogP) is 2.11. The Morgan fingerprint density at radius 1 is 1.18 bits per heavy atom. The van der Waals surface area contributed by atoms with Crippen LogP contribution in [0.5, 0.6) is 0 Å². The van der Waals surface area contributed by atoms with Crippen LogP contribution in [0.15, 0.2) is 30.3 Å². The zero-order valence-electron chi connectivity index (χ0n) is 9.87. The Bertz CT molecular complexity index is 520. The van der Waals surface area contributed by atoms with Gasteiger partial charge < -0.3 is 15.2 Å². The number of benzene rings is 1. The first kappa shape index (κ1) is 9.54. The second kappa shape index (κ2) is 3.26. The second-order valence-electron chi connectivity index (χ2n) is 5.37. The minimum absolute atomic E-state index is 0.440. The summed E-state index contributed by atoms with van der Waals surface area (Å²) < 4.78 is 0. The molecule has 1 aliphatic carbocycles. The van der Waals surface area contributed by atoms with Gasteiger partial charge in [0.1, 0.15) is 5.82 Å². The molecule has 3 nitrogen and oxygen atoms in total. The van der Waals surface area contributed by atoms with Gasteiger partial charge in [-0.3, -0.25) is 0 Å². The van der Waals surface area contributed by atoms with Crippen molar-refractivity contribution in [3.63, 3.8) is 0 Å². The molecule has 3 heteroatoms. The molecule has 1 saturated carbocycles. The van der Waals surface area contributed by atoms with E-state index in [2.05, 4.69) is 45.5 Å². The van der Waals surface area contributed by atoms with Crippen LogP contribution in [0.3, 0.4) is 0 Å². The van der Waals surface area contributed by atoms with E-state index in [1.54, 1.807) is 0 Å². The SMILES string of the molecule is c1ccc2[nH]c(N3CCNC4(CC4)C3)cc2c1. The van der Waals surface area contributed by atoms with Crippen molar-refractivity contribution in [2.75, 3.05) is 24.5 Å². The molecule has 0 atom stereocenters. The number of para-hydroxylation sites is 1.